The van der Waals surface area contributed by atoms with Crippen LogP contribution in [-0.4, -0.2) is 32.1 Å². The highest BCUT2D eigenvalue weighted by Crippen LogP contribution is 2.15. The lowest BCUT2D eigenvalue weighted by atomic mass is 10.1. The van der Waals surface area contributed by atoms with Crippen LogP contribution in [0.1, 0.15) is 24.0 Å². The molecule has 0 heterocycles. The third kappa shape index (κ3) is 4.88. The molecular formula is C14H21N3. The molecule has 0 aliphatic heterocycles. The summed E-state index contributed by atoms with van der Waals surface area (Å²) in [5, 5.41) is 12.2. The number of hydrogen-bond donors (Lipinski definition) is 1. The van der Waals surface area contributed by atoms with Gasteiger partial charge in [0.25, 0.3) is 0 Å². The molecule has 0 aliphatic rings. The predicted octanol–water partition coefficient (Wildman–Crippen LogP) is 2.62. The van der Waals surface area contributed by atoms with Gasteiger partial charge in [-0.1, -0.05) is 0 Å². The zero-order chi connectivity index (χ0) is 12.7. The first kappa shape index (κ1) is 13.5. The van der Waals surface area contributed by atoms with Crippen LogP contribution in [0.3, 0.4) is 0 Å². The molecule has 0 unspecified atom stereocenters. The van der Waals surface area contributed by atoms with Gasteiger partial charge in [0.05, 0.1) is 11.6 Å². The number of rotatable bonds is 6. The molecule has 1 aromatic carbocycles. The highest BCUT2D eigenvalue weighted by Gasteiger charge is 1.99. The third-order valence-electron chi connectivity index (χ3n) is 2.70. The Balaban J connectivity index is 2.35. The number of aryl methyl sites for hydroxylation is 1. The second-order valence-corrected chi connectivity index (χ2v) is 4.58. The second-order valence-electron chi connectivity index (χ2n) is 4.58. The summed E-state index contributed by atoms with van der Waals surface area (Å²) in [4.78, 5) is 2.20. The van der Waals surface area contributed by atoms with Crippen LogP contribution in [0.25, 0.3) is 0 Å². The maximum absolute atomic E-state index is 8.78. The monoisotopic (exact) mass is 231 g/mol. The number of unbranched alkanes of at least 4 members (excludes halogenated alkanes) is 1. The molecule has 0 fully saturated rings. The van der Waals surface area contributed by atoms with Crippen molar-refractivity contribution in [1.82, 2.24) is 4.90 Å². The highest BCUT2D eigenvalue weighted by atomic mass is 15.0. The Labute approximate surface area is 104 Å². The van der Waals surface area contributed by atoms with Gasteiger partial charge in [-0.3, -0.25) is 0 Å². The Morgan fingerprint density at radius 1 is 1.29 bits per heavy atom. The first-order valence-corrected chi connectivity index (χ1v) is 6.03. The van der Waals surface area contributed by atoms with Crippen molar-refractivity contribution in [2.45, 2.75) is 19.8 Å². The molecule has 0 saturated heterocycles. The van der Waals surface area contributed by atoms with E-state index in [4.69, 9.17) is 5.26 Å². The molecule has 92 valence electrons. The van der Waals surface area contributed by atoms with E-state index < -0.39 is 0 Å². The van der Waals surface area contributed by atoms with Crippen molar-refractivity contribution in [1.29, 1.82) is 5.26 Å². The van der Waals surface area contributed by atoms with Gasteiger partial charge >= 0.3 is 0 Å². The topological polar surface area (TPSA) is 39.1 Å². The fourth-order valence-electron chi connectivity index (χ4n) is 1.71. The van der Waals surface area contributed by atoms with Crippen LogP contribution in [0.4, 0.5) is 5.69 Å². The lowest BCUT2D eigenvalue weighted by Crippen LogP contribution is -2.14. The average Bonchev–Trinajstić information content (AvgIpc) is 2.30. The predicted molar refractivity (Wildman–Crippen MR) is 72.2 cm³/mol. The molecule has 0 radical (unpaired) electrons. The van der Waals surface area contributed by atoms with Gasteiger partial charge in [0.2, 0.25) is 0 Å². The fraction of sp³-hybridized carbons (Fsp3) is 0.500. The Kier molecular flexibility index (Phi) is 5.51. The Hall–Kier alpha value is -1.53. The van der Waals surface area contributed by atoms with Crippen molar-refractivity contribution < 1.29 is 0 Å². The first-order valence-electron chi connectivity index (χ1n) is 6.03. The Morgan fingerprint density at radius 3 is 2.65 bits per heavy atom. The van der Waals surface area contributed by atoms with E-state index in [0.717, 1.165) is 36.3 Å². The lowest BCUT2D eigenvalue weighted by Gasteiger charge is -2.11. The highest BCUT2D eigenvalue weighted by molar-refractivity contribution is 5.53. The number of hydrogen-bond acceptors (Lipinski definition) is 3. The molecule has 0 atom stereocenters. The number of anilines is 1. The molecule has 3 nitrogen and oxygen atoms in total. The van der Waals surface area contributed by atoms with E-state index in [-0.39, 0.29) is 0 Å². The second kappa shape index (κ2) is 6.93. The fourth-order valence-corrected chi connectivity index (χ4v) is 1.71. The molecule has 1 rings (SSSR count). The minimum atomic E-state index is 0.723. The van der Waals surface area contributed by atoms with Crippen LogP contribution in [-0.2, 0) is 0 Å². The lowest BCUT2D eigenvalue weighted by molar-refractivity contribution is 0.396. The quantitative estimate of drug-likeness (QED) is 0.765. The summed E-state index contributed by atoms with van der Waals surface area (Å²) in [5.74, 6) is 0. The van der Waals surface area contributed by atoms with E-state index in [1.165, 1.54) is 6.42 Å². The van der Waals surface area contributed by atoms with Crippen molar-refractivity contribution in [2.24, 2.45) is 0 Å². The summed E-state index contributed by atoms with van der Waals surface area (Å²) < 4.78 is 0. The van der Waals surface area contributed by atoms with Crippen LogP contribution in [0.5, 0.6) is 0 Å². The molecule has 0 bridgehead atoms. The SMILES string of the molecule is Cc1cc(C#N)ccc1NCCCCN(C)C. The summed E-state index contributed by atoms with van der Waals surface area (Å²) >= 11 is 0. The summed E-state index contributed by atoms with van der Waals surface area (Å²) in [6.07, 6.45) is 2.37. The Morgan fingerprint density at radius 2 is 2.06 bits per heavy atom. The number of nitriles is 1. The van der Waals surface area contributed by atoms with Gasteiger partial charge in [-0.2, -0.15) is 5.26 Å². The summed E-state index contributed by atoms with van der Waals surface area (Å²) in [6.45, 7) is 4.15. The van der Waals surface area contributed by atoms with E-state index in [1.54, 1.807) is 0 Å². The minimum Gasteiger partial charge on any atom is -0.385 e. The molecule has 1 N–H and O–H groups in total. The van der Waals surface area contributed by atoms with Gasteiger partial charge in [-0.25, -0.2) is 0 Å². The summed E-state index contributed by atoms with van der Waals surface area (Å²) in [6, 6.07) is 7.91. The Bertz CT molecular complexity index is 391. The van der Waals surface area contributed by atoms with E-state index in [2.05, 4.69) is 30.4 Å². The van der Waals surface area contributed by atoms with Gasteiger partial charge in [-0.05, 0) is 64.2 Å². The van der Waals surface area contributed by atoms with Gasteiger partial charge in [0.15, 0.2) is 0 Å². The maximum Gasteiger partial charge on any atom is 0.0991 e. The van der Waals surface area contributed by atoms with Gasteiger partial charge in [0, 0.05) is 12.2 Å². The van der Waals surface area contributed by atoms with Crippen LogP contribution in [0.15, 0.2) is 18.2 Å². The van der Waals surface area contributed by atoms with Crippen molar-refractivity contribution in [3.63, 3.8) is 0 Å². The molecule has 0 saturated carbocycles. The van der Waals surface area contributed by atoms with E-state index in [9.17, 15) is 0 Å². The van der Waals surface area contributed by atoms with E-state index >= 15 is 0 Å². The number of benzene rings is 1. The van der Waals surface area contributed by atoms with Gasteiger partial charge < -0.3 is 10.2 Å². The normalized spacial score (nSPS) is 10.3. The standard InChI is InChI=1S/C14H21N3/c1-12-10-13(11-15)6-7-14(12)16-8-4-5-9-17(2)3/h6-7,10,16H,4-5,8-9H2,1-3H3. The van der Waals surface area contributed by atoms with Crippen molar-refractivity contribution in [3.8, 4) is 6.07 Å². The van der Waals surface area contributed by atoms with Crippen molar-refractivity contribution >= 4 is 5.69 Å². The van der Waals surface area contributed by atoms with Crippen molar-refractivity contribution in [3.05, 3.63) is 29.3 Å². The molecule has 1 aromatic rings. The number of nitrogens with one attached hydrogen (secondary N) is 1. The van der Waals surface area contributed by atoms with Crippen LogP contribution in [0, 0.1) is 18.3 Å². The summed E-state index contributed by atoms with van der Waals surface area (Å²) in [5.41, 5.74) is 2.99. The minimum absolute atomic E-state index is 0.723. The zero-order valence-electron chi connectivity index (χ0n) is 11.0. The molecule has 17 heavy (non-hydrogen) atoms. The van der Waals surface area contributed by atoms with Gasteiger partial charge in [0.1, 0.15) is 0 Å². The van der Waals surface area contributed by atoms with Gasteiger partial charge in [-0.15, -0.1) is 0 Å². The van der Waals surface area contributed by atoms with Crippen LogP contribution >= 0.6 is 0 Å². The first-order chi connectivity index (χ1) is 8.13. The van der Waals surface area contributed by atoms with Crippen LogP contribution < -0.4 is 5.32 Å². The third-order valence-corrected chi connectivity index (χ3v) is 2.70. The zero-order valence-corrected chi connectivity index (χ0v) is 11.0. The van der Waals surface area contributed by atoms with Crippen LogP contribution in [0.2, 0.25) is 0 Å². The molecule has 3 heteroatoms. The van der Waals surface area contributed by atoms with Crippen molar-refractivity contribution in [2.75, 3.05) is 32.5 Å². The summed E-state index contributed by atoms with van der Waals surface area (Å²) in [7, 11) is 4.19. The molecular weight excluding hydrogens is 210 g/mol. The largest absolute Gasteiger partial charge is 0.385 e. The molecule has 0 amide bonds. The van der Waals surface area contributed by atoms with E-state index in [1.807, 2.05) is 25.1 Å². The smallest absolute Gasteiger partial charge is 0.0991 e. The maximum atomic E-state index is 8.78. The van der Waals surface area contributed by atoms with E-state index in [0.29, 0.717) is 0 Å². The number of nitrogens with zero attached hydrogens (tertiary/aromatic N) is 2. The average molecular weight is 231 g/mol. The molecule has 0 aliphatic carbocycles. The molecule has 0 spiro atoms. The molecule has 0 aromatic heterocycles.